The van der Waals surface area contributed by atoms with Crippen molar-refractivity contribution in [3.05, 3.63) is 131 Å². The van der Waals surface area contributed by atoms with Crippen molar-refractivity contribution < 1.29 is 0 Å². The first-order chi connectivity index (χ1) is 20.9. The van der Waals surface area contributed by atoms with Gasteiger partial charge in [0, 0.05) is 16.3 Å². The predicted molar refractivity (Wildman–Crippen MR) is 174 cm³/mol. The molecular weight excluding hydrogens is 526 g/mol. The van der Waals surface area contributed by atoms with E-state index in [-0.39, 0.29) is 0 Å². The second-order valence-corrected chi connectivity index (χ2v) is 11.1. The molecule has 7 rings (SSSR count). The van der Waals surface area contributed by atoms with Gasteiger partial charge in [0.25, 0.3) is 0 Å². The minimum absolute atomic E-state index is 0.570. The number of rotatable bonds is 4. The molecule has 0 aliphatic rings. The molecule has 0 aliphatic carbocycles. The lowest BCUT2D eigenvalue weighted by Gasteiger charge is -2.15. The van der Waals surface area contributed by atoms with E-state index in [4.69, 9.17) is 9.97 Å². The zero-order valence-electron chi connectivity index (χ0n) is 24.6. The second kappa shape index (κ2) is 10.3. The quantitative estimate of drug-likeness (QED) is 0.217. The minimum atomic E-state index is 0.570. The van der Waals surface area contributed by atoms with E-state index in [1.807, 2.05) is 32.0 Å². The minimum Gasteiger partial charge on any atom is -0.308 e. The number of nitrogens with zero attached hydrogens (tertiary/aromatic N) is 5. The lowest BCUT2D eigenvalue weighted by Crippen LogP contribution is -2.04. The number of hydrogen-bond acceptors (Lipinski definition) is 4. The zero-order valence-corrected chi connectivity index (χ0v) is 24.6. The summed E-state index contributed by atoms with van der Waals surface area (Å²) in [4.78, 5) is 13.8. The Morgan fingerprint density at radius 1 is 0.535 bits per heavy atom. The maximum Gasteiger partial charge on any atom is 0.165 e. The molecule has 0 spiro atoms. The molecule has 7 aromatic rings. The Kier molecular flexibility index (Phi) is 6.33. The van der Waals surface area contributed by atoms with Gasteiger partial charge < -0.3 is 4.57 Å². The number of nitriles is 1. The van der Waals surface area contributed by atoms with Crippen LogP contribution in [0.4, 0.5) is 0 Å². The summed E-state index contributed by atoms with van der Waals surface area (Å²) in [7, 11) is 0. The summed E-state index contributed by atoms with van der Waals surface area (Å²) >= 11 is 0. The van der Waals surface area contributed by atoms with Crippen molar-refractivity contribution in [1.29, 1.82) is 5.26 Å². The molecule has 0 unspecified atom stereocenters. The molecule has 206 valence electrons. The van der Waals surface area contributed by atoms with E-state index in [9.17, 15) is 5.26 Å². The topological polar surface area (TPSA) is 67.4 Å². The van der Waals surface area contributed by atoms with Gasteiger partial charge in [-0.15, -0.1) is 0 Å². The molecule has 0 N–H and O–H groups in total. The van der Waals surface area contributed by atoms with Crippen LogP contribution in [0, 0.1) is 39.0 Å². The number of fused-ring (bicyclic) bond motifs is 3. The van der Waals surface area contributed by atoms with E-state index >= 15 is 0 Å². The molecule has 5 aromatic carbocycles. The molecule has 0 aliphatic heterocycles. The Labute approximate surface area is 250 Å². The van der Waals surface area contributed by atoms with Crippen LogP contribution in [0.15, 0.2) is 103 Å². The van der Waals surface area contributed by atoms with Gasteiger partial charge in [-0.1, -0.05) is 83.9 Å². The third-order valence-corrected chi connectivity index (χ3v) is 8.00. The summed E-state index contributed by atoms with van der Waals surface area (Å²) in [5.74, 6) is 1.90. The molecule has 0 fully saturated rings. The van der Waals surface area contributed by atoms with Crippen molar-refractivity contribution in [1.82, 2.24) is 19.5 Å². The predicted octanol–water partition coefficient (Wildman–Crippen LogP) is 9.08. The first-order valence-corrected chi connectivity index (χ1v) is 14.3. The monoisotopic (exact) mass is 555 g/mol. The Hall–Kier alpha value is -5.60. The first-order valence-electron chi connectivity index (χ1n) is 14.3. The van der Waals surface area contributed by atoms with Crippen molar-refractivity contribution >= 4 is 21.8 Å². The van der Waals surface area contributed by atoms with Gasteiger partial charge in [0.1, 0.15) is 11.6 Å². The lowest BCUT2D eigenvalue weighted by atomic mass is 10.0. The van der Waals surface area contributed by atoms with Gasteiger partial charge in [0.2, 0.25) is 0 Å². The highest BCUT2D eigenvalue weighted by Gasteiger charge is 2.19. The van der Waals surface area contributed by atoms with E-state index in [0.717, 1.165) is 55.3 Å². The van der Waals surface area contributed by atoms with Gasteiger partial charge in [-0.05, 0) is 80.3 Å². The average Bonchev–Trinajstić information content (AvgIpc) is 3.33. The van der Waals surface area contributed by atoms with Crippen LogP contribution in [0.1, 0.15) is 28.3 Å². The van der Waals surface area contributed by atoms with Gasteiger partial charge in [-0.2, -0.15) is 5.26 Å². The van der Waals surface area contributed by atoms with Crippen molar-refractivity contribution in [3.8, 4) is 45.4 Å². The highest BCUT2D eigenvalue weighted by molar-refractivity contribution is 6.11. The molecule has 0 radical (unpaired) electrons. The van der Waals surface area contributed by atoms with Crippen molar-refractivity contribution in [2.75, 3.05) is 0 Å². The van der Waals surface area contributed by atoms with Crippen molar-refractivity contribution in [2.45, 2.75) is 27.7 Å². The molecule has 2 aromatic heterocycles. The molecule has 0 bridgehead atoms. The van der Waals surface area contributed by atoms with Gasteiger partial charge in [-0.3, -0.25) is 0 Å². The Bertz CT molecular complexity index is 2090. The highest BCUT2D eigenvalue weighted by Crippen LogP contribution is 2.39. The second-order valence-electron chi connectivity index (χ2n) is 11.1. The van der Waals surface area contributed by atoms with E-state index in [0.29, 0.717) is 23.0 Å². The number of hydrogen-bond donors (Lipinski definition) is 0. The maximum absolute atomic E-state index is 9.97. The maximum atomic E-state index is 9.97. The summed E-state index contributed by atoms with van der Waals surface area (Å²) in [5, 5.41) is 12.2. The Morgan fingerprint density at radius 3 is 1.51 bits per heavy atom. The molecule has 0 amide bonds. The Morgan fingerprint density at radius 2 is 1.02 bits per heavy atom. The first kappa shape index (κ1) is 26.3. The smallest absolute Gasteiger partial charge is 0.165 e. The third-order valence-electron chi connectivity index (χ3n) is 8.00. The van der Waals surface area contributed by atoms with Crippen LogP contribution in [0.5, 0.6) is 0 Å². The fourth-order valence-electron chi connectivity index (χ4n) is 5.84. The van der Waals surface area contributed by atoms with Gasteiger partial charge in [0.15, 0.2) is 5.82 Å². The largest absolute Gasteiger partial charge is 0.308 e. The Balaban J connectivity index is 1.58. The zero-order chi connectivity index (χ0) is 29.7. The fourth-order valence-corrected chi connectivity index (χ4v) is 5.84. The summed E-state index contributed by atoms with van der Waals surface area (Å²) < 4.78 is 2.27. The van der Waals surface area contributed by atoms with Crippen LogP contribution in [0.25, 0.3) is 61.1 Å². The summed E-state index contributed by atoms with van der Waals surface area (Å²) in [6, 6.07) is 38.6. The third kappa shape index (κ3) is 4.73. The van der Waals surface area contributed by atoms with Crippen LogP contribution in [-0.4, -0.2) is 19.5 Å². The van der Waals surface area contributed by atoms with Crippen molar-refractivity contribution in [3.63, 3.8) is 0 Å². The van der Waals surface area contributed by atoms with Crippen LogP contribution in [-0.2, 0) is 0 Å². The van der Waals surface area contributed by atoms with E-state index in [1.54, 1.807) is 0 Å². The van der Waals surface area contributed by atoms with Crippen LogP contribution < -0.4 is 0 Å². The molecule has 43 heavy (non-hydrogen) atoms. The van der Waals surface area contributed by atoms with Crippen LogP contribution in [0.2, 0.25) is 0 Å². The highest BCUT2D eigenvalue weighted by atomic mass is 15.0. The van der Waals surface area contributed by atoms with Gasteiger partial charge in [0.05, 0.1) is 28.4 Å². The number of benzene rings is 5. The molecule has 5 nitrogen and oxygen atoms in total. The average molecular weight is 556 g/mol. The van der Waals surface area contributed by atoms with Crippen LogP contribution >= 0.6 is 0 Å². The summed E-state index contributed by atoms with van der Waals surface area (Å²) in [5.41, 5.74) is 11.4. The summed E-state index contributed by atoms with van der Waals surface area (Å²) in [6.45, 7) is 7.96. The standard InChI is InChI=1S/C38H29N5/c1-23-5-10-28(11-6-23)30-14-17-32-33-18-15-31(29-12-7-24(2)8-13-29)21-37(33)43(36(32)20-30)35-19-27(22-39)9-16-34(35)38-41-25(3)40-26(4)42-38/h5-21H,1-4H3. The van der Waals surface area contributed by atoms with Crippen molar-refractivity contribution in [2.24, 2.45) is 0 Å². The molecule has 0 atom stereocenters. The fraction of sp³-hybridized carbons (Fsp3) is 0.105. The van der Waals surface area contributed by atoms with E-state index < -0.39 is 0 Å². The summed E-state index contributed by atoms with van der Waals surface area (Å²) in [6.07, 6.45) is 0. The molecule has 2 heterocycles. The van der Waals surface area contributed by atoms with Gasteiger partial charge >= 0.3 is 0 Å². The van der Waals surface area contributed by atoms with Gasteiger partial charge in [-0.25, -0.2) is 15.0 Å². The van der Waals surface area contributed by atoms with E-state index in [1.165, 1.54) is 11.1 Å². The lowest BCUT2D eigenvalue weighted by molar-refractivity contribution is 0.926. The molecule has 5 heteroatoms. The number of aryl methyl sites for hydroxylation is 4. The number of aromatic nitrogens is 4. The van der Waals surface area contributed by atoms with Crippen LogP contribution in [0.3, 0.4) is 0 Å². The molecule has 0 saturated heterocycles. The SMILES string of the molecule is Cc1ccc(-c2ccc3c4ccc(-c5ccc(C)cc5)cc4n(-c4cc(C#N)ccc4-c4nc(C)nc(C)n4)c3c2)cc1. The normalized spacial score (nSPS) is 11.2. The molecule has 0 saturated carbocycles. The molecular formula is C38H29N5. The van der Waals surface area contributed by atoms with E-state index in [2.05, 4.69) is 114 Å².